The van der Waals surface area contributed by atoms with E-state index in [1.54, 1.807) is 12.1 Å². The minimum atomic E-state index is -0.368. The predicted octanol–water partition coefficient (Wildman–Crippen LogP) is 2.03. The summed E-state index contributed by atoms with van der Waals surface area (Å²) in [5, 5.41) is 0. The van der Waals surface area contributed by atoms with Crippen molar-refractivity contribution in [2.24, 2.45) is 5.90 Å². The number of halogens is 2. The van der Waals surface area contributed by atoms with Crippen LogP contribution in [0.4, 0.5) is 4.39 Å². The summed E-state index contributed by atoms with van der Waals surface area (Å²) in [5.41, 5.74) is 0.515. The molecule has 0 radical (unpaired) electrons. The van der Waals surface area contributed by atoms with Gasteiger partial charge in [-0.25, -0.2) is 10.3 Å². The third-order valence-electron chi connectivity index (χ3n) is 1.79. The molecule has 2 N–H and O–H groups in total. The normalized spacial score (nSPS) is 10.3. The van der Waals surface area contributed by atoms with Gasteiger partial charge in [-0.3, -0.25) is 0 Å². The molecular weight excluding hydrogens is 253 g/mol. The summed E-state index contributed by atoms with van der Waals surface area (Å²) in [4.78, 5) is 4.39. The van der Waals surface area contributed by atoms with Crippen LogP contribution < -0.4 is 10.6 Å². The fraction of sp³-hybridized carbons (Fsp3) is 0.333. The van der Waals surface area contributed by atoms with Crippen LogP contribution in [-0.2, 0) is 11.3 Å². The molecule has 0 aromatic heterocycles. The number of ether oxygens (including phenoxy) is 1. The van der Waals surface area contributed by atoms with Gasteiger partial charge in [-0.05, 0) is 17.7 Å². The Kier molecular flexibility index (Phi) is 4.31. The van der Waals surface area contributed by atoms with Gasteiger partial charge in [0.15, 0.2) is 11.6 Å². The molecule has 0 unspecified atom stereocenters. The molecule has 0 spiro atoms. The second-order valence-corrected chi connectivity index (χ2v) is 3.62. The van der Waals surface area contributed by atoms with Crippen LogP contribution in [0.2, 0.25) is 0 Å². The van der Waals surface area contributed by atoms with E-state index in [1.165, 1.54) is 7.11 Å². The molecular formula is C9H11BrFNO2. The maximum Gasteiger partial charge on any atom is 0.168 e. The lowest BCUT2D eigenvalue weighted by atomic mass is 10.1. The molecule has 0 atom stereocenters. The topological polar surface area (TPSA) is 44.5 Å². The van der Waals surface area contributed by atoms with Gasteiger partial charge in [-0.15, -0.1) is 0 Å². The van der Waals surface area contributed by atoms with Gasteiger partial charge in [0.25, 0.3) is 0 Å². The number of methoxy groups -OCH3 is 1. The summed E-state index contributed by atoms with van der Waals surface area (Å²) in [5.74, 6) is 4.72. The molecule has 0 aliphatic carbocycles. The lowest BCUT2D eigenvalue weighted by Gasteiger charge is -2.07. The maximum atomic E-state index is 13.5. The Hall–Kier alpha value is -0.650. The zero-order valence-electron chi connectivity index (χ0n) is 7.72. The van der Waals surface area contributed by atoms with Gasteiger partial charge in [-0.2, -0.15) is 0 Å². The SMILES string of the molecule is COc1cc(Br)cc(CCON)c1F. The van der Waals surface area contributed by atoms with E-state index in [1.807, 2.05) is 0 Å². The Labute approximate surface area is 90.1 Å². The molecule has 1 rings (SSSR count). The lowest BCUT2D eigenvalue weighted by Crippen LogP contribution is -2.05. The highest BCUT2D eigenvalue weighted by molar-refractivity contribution is 9.10. The molecule has 0 bridgehead atoms. The van der Waals surface area contributed by atoms with Gasteiger partial charge in [0.2, 0.25) is 0 Å². The summed E-state index contributed by atoms with van der Waals surface area (Å²) in [6, 6.07) is 3.25. The van der Waals surface area contributed by atoms with Gasteiger partial charge < -0.3 is 9.57 Å². The molecule has 14 heavy (non-hydrogen) atoms. The monoisotopic (exact) mass is 263 g/mol. The molecule has 3 nitrogen and oxygen atoms in total. The van der Waals surface area contributed by atoms with Crippen LogP contribution in [0.1, 0.15) is 5.56 Å². The van der Waals surface area contributed by atoms with Crippen molar-refractivity contribution in [1.82, 2.24) is 0 Å². The number of hydrogen-bond acceptors (Lipinski definition) is 3. The Bertz CT molecular complexity index is 320. The maximum absolute atomic E-state index is 13.5. The average Bonchev–Trinajstić information content (AvgIpc) is 2.18. The predicted molar refractivity (Wildman–Crippen MR) is 54.5 cm³/mol. The van der Waals surface area contributed by atoms with Gasteiger partial charge in [0.1, 0.15) is 0 Å². The van der Waals surface area contributed by atoms with Crippen LogP contribution >= 0.6 is 15.9 Å². The molecule has 1 aromatic rings. The highest BCUT2D eigenvalue weighted by Gasteiger charge is 2.10. The van der Waals surface area contributed by atoms with Crippen LogP contribution in [0.25, 0.3) is 0 Å². The number of benzene rings is 1. The highest BCUT2D eigenvalue weighted by Crippen LogP contribution is 2.26. The van der Waals surface area contributed by atoms with Crippen LogP contribution in [0.5, 0.6) is 5.75 Å². The molecule has 1 aromatic carbocycles. The van der Waals surface area contributed by atoms with E-state index in [0.717, 1.165) is 4.47 Å². The van der Waals surface area contributed by atoms with Crippen molar-refractivity contribution >= 4 is 15.9 Å². The van der Waals surface area contributed by atoms with E-state index in [2.05, 4.69) is 20.8 Å². The summed E-state index contributed by atoms with van der Waals surface area (Å²) < 4.78 is 19.2. The largest absolute Gasteiger partial charge is 0.494 e. The van der Waals surface area contributed by atoms with E-state index < -0.39 is 0 Å². The molecule has 0 aliphatic heterocycles. The first-order chi connectivity index (χ1) is 6.69. The third kappa shape index (κ3) is 2.67. The molecule has 0 saturated carbocycles. The Morgan fingerprint density at radius 1 is 1.50 bits per heavy atom. The minimum Gasteiger partial charge on any atom is -0.494 e. The zero-order valence-corrected chi connectivity index (χ0v) is 9.30. The quantitative estimate of drug-likeness (QED) is 0.846. The van der Waals surface area contributed by atoms with E-state index >= 15 is 0 Å². The van der Waals surface area contributed by atoms with Gasteiger partial charge in [0.05, 0.1) is 13.7 Å². The number of nitrogens with two attached hydrogens (primary N) is 1. The lowest BCUT2D eigenvalue weighted by molar-refractivity contribution is 0.140. The van der Waals surface area contributed by atoms with Crippen molar-refractivity contribution in [3.8, 4) is 5.75 Å². The zero-order chi connectivity index (χ0) is 10.6. The average molecular weight is 264 g/mol. The standard InChI is InChI=1S/C9H11BrFNO2/c1-13-8-5-7(10)4-6(9(8)11)2-3-14-12/h4-5H,2-3,12H2,1H3. The summed E-state index contributed by atoms with van der Waals surface area (Å²) in [6.45, 7) is 0.274. The Morgan fingerprint density at radius 3 is 2.79 bits per heavy atom. The van der Waals surface area contributed by atoms with Gasteiger partial charge in [0, 0.05) is 10.9 Å². The first-order valence-corrected chi connectivity index (χ1v) is 4.82. The van der Waals surface area contributed by atoms with Crippen LogP contribution in [0.15, 0.2) is 16.6 Å². The van der Waals surface area contributed by atoms with Crippen LogP contribution in [0.3, 0.4) is 0 Å². The smallest absolute Gasteiger partial charge is 0.168 e. The second-order valence-electron chi connectivity index (χ2n) is 2.70. The van der Waals surface area contributed by atoms with E-state index in [0.29, 0.717) is 12.0 Å². The van der Waals surface area contributed by atoms with E-state index in [-0.39, 0.29) is 18.2 Å². The number of rotatable bonds is 4. The number of hydrogen-bond donors (Lipinski definition) is 1. The van der Waals surface area contributed by atoms with E-state index in [4.69, 9.17) is 10.6 Å². The van der Waals surface area contributed by atoms with Crippen LogP contribution in [-0.4, -0.2) is 13.7 Å². The van der Waals surface area contributed by atoms with Crippen molar-refractivity contribution in [3.63, 3.8) is 0 Å². The van der Waals surface area contributed by atoms with Crippen molar-refractivity contribution in [1.29, 1.82) is 0 Å². The highest BCUT2D eigenvalue weighted by atomic mass is 79.9. The summed E-state index contributed by atoms with van der Waals surface area (Å²) in [7, 11) is 1.42. The first-order valence-electron chi connectivity index (χ1n) is 4.02. The molecule has 0 amide bonds. The fourth-order valence-electron chi connectivity index (χ4n) is 1.12. The molecule has 78 valence electrons. The second kappa shape index (κ2) is 5.29. The van der Waals surface area contributed by atoms with Crippen molar-refractivity contribution in [2.75, 3.05) is 13.7 Å². The van der Waals surface area contributed by atoms with Gasteiger partial charge >= 0.3 is 0 Å². The van der Waals surface area contributed by atoms with Crippen molar-refractivity contribution in [2.45, 2.75) is 6.42 Å². The van der Waals surface area contributed by atoms with Gasteiger partial charge in [-0.1, -0.05) is 15.9 Å². The Balaban J connectivity index is 2.96. The van der Waals surface area contributed by atoms with Crippen molar-refractivity contribution < 1.29 is 14.0 Å². The van der Waals surface area contributed by atoms with Crippen molar-refractivity contribution in [3.05, 3.63) is 28.0 Å². The fourth-order valence-corrected chi connectivity index (χ4v) is 1.60. The minimum absolute atomic E-state index is 0.214. The Morgan fingerprint density at radius 2 is 2.21 bits per heavy atom. The third-order valence-corrected chi connectivity index (χ3v) is 2.25. The molecule has 0 saturated heterocycles. The summed E-state index contributed by atoms with van der Waals surface area (Å²) >= 11 is 3.26. The first kappa shape index (κ1) is 11.4. The molecule has 0 aliphatic rings. The molecule has 0 heterocycles. The van der Waals surface area contributed by atoms with E-state index in [9.17, 15) is 4.39 Å². The molecule has 5 heteroatoms. The van der Waals surface area contributed by atoms with Crippen LogP contribution in [0, 0.1) is 5.82 Å². The summed E-state index contributed by atoms with van der Waals surface area (Å²) in [6.07, 6.45) is 0.415. The molecule has 0 fully saturated rings.